The average Bonchev–Trinajstić information content (AvgIpc) is 2.96. The molecule has 0 aliphatic carbocycles. The number of rotatable bonds is 5. The molecule has 2 aromatic heterocycles. The normalized spacial score (nSPS) is 18.3. The number of nitrogens with one attached hydrogen (secondary N) is 3. The highest BCUT2D eigenvalue weighted by Crippen LogP contribution is 2.20. The highest BCUT2D eigenvalue weighted by Gasteiger charge is 2.18. The molecule has 0 spiro atoms. The first-order chi connectivity index (χ1) is 10.7. The van der Waals surface area contributed by atoms with Crippen molar-refractivity contribution in [1.82, 2.24) is 30.3 Å². The summed E-state index contributed by atoms with van der Waals surface area (Å²) in [5, 5.41) is 14.9. The first-order valence-electron chi connectivity index (χ1n) is 7.63. The molecule has 1 unspecified atom stereocenters. The number of nitrogens with zero attached hydrogens (tertiary/aromatic N) is 4. The van der Waals surface area contributed by atoms with E-state index in [1.165, 1.54) is 18.9 Å². The highest BCUT2D eigenvalue weighted by molar-refractivity contribution is 5.24. The molecule has 8 nitrogen and oxygen atoms in total. The van der Waals surface area contributed by atoms with Gasteiger partial charge in [0, 0.05) is 37.0 Å². The number of aromatic nitrogens is 5. The Kier molecular flexibility index (Phi) is 4.47. The van der Waals surface area contributed by atoms with E-state index in [2.05, 4.69) is 30.9 Å². The molecule has 2 aromatic rings. The lowest BCUT2D eigenvalue weighted by atomic mass is 9.97. The summed E-state index contributed by atoms with van der Waals surface area (Å²) >= 11 is 0. The van der Waals surface area contributed by atoms with E-state index < -0.39 is 0 Å². The van der Waals surface area contributed by atoms with Gasteiger partial charge < -0.3 is 10.6 Å². The van der Waals surface area contributed by atoms with Crippen LogP contribution in [0.5, 0.6) is 0 Å². The molecule has 1 fully saturated rings. The maximum atomic E-state index is 11.4. The monoisotopic (exact) mass is 303 g/mol. The van der Waals surface area contributed by atoms with Gasteiger partial charge >= 0.3 is 0 Å². The fourth-order valence-corrected chi connectivity index (χ4v) is 2.67. The van der Waals surface area contributed by atoms with Gasteiger partial charge in [0.1, 0.15) is 0 Å². The van der Waals surface area contributed by atoms with Crippen molar-refractivity contribution in [1.29, 1.82) is 0 Å². The number of aryl methyl sites for hydroxylation is 1. The fourth-order valence-electron chi connectivity index (χ4n) is 2.67. The first kappa shape index (κ1) is 14.7. The fraction of sp³-hybridized carbons (Fsp3) is 0.571. The summed E-state index contributed by atoms with van der Waals surface area (Å²) in [6, 6.07) is 1.47. The topological polar surface area (TPSA) is 101 Å². The number of anilines is 1. The Morgan fingerprint density at radius 1 is 1.50 bits per heavy atom. The standard InChI is InChI=1S/C14H21N7O/c1-10-7-13(22)18-14(17-10)16-5-6-21-9-12(19-20-21)11-3-2-4-15-8-11/h7,9,11,15H,2-6,8H2,1H3,(H2,16,17,18,22). The van der Waals surface area contributed by atoms with Crippen LogP contribution in [0.2, 0.25) is 0 Å². The van der Waals surface area contributed by atoms with Crippen LogP contribution < -0.4 is 16.2 Å². The van der Waals surface area contributed by atoms with Crippen LogP contribution in [-0.2, 0) is 6.54 Å². The molecule has 3 N–H and O–H groups in total. The van der Waals surface area contributed by atoms with Gasteiger partial charge in [-0.3, -0.25) is 14.5 Å². The molecule has 0 saturated carbocycles. The summed E-state index contributed by atoms with van der Waals surface area (Å²) in [5.74, 6) is 0.951. The van der Waals surface area contributed by atoms with Crippen molar-refractivity contribution >= 4 is 5.95 Å². The molecule has 22 heavy (non-hydrogen) atoms. The molecule has 118 valence electrons. The van der Waals surface area contributed by atoms with Gasteiger partial charge in [0.2, 0.25) is 5.95 Å². The smallest absolute Gasteiger partial charge is 0.252 e. The number of hydrogen-bond acceptors (Lipinski definition) is 6. The van der Waals surface area contributed by atoms with Gasteiger partial charge in [-0.05, 0) is 26.3 Å². The van der Waals surface area contributed by atoms with Crippen LogP contribution >= 0.6 is 0 Å². The van der Waals surface area contributed by atoms with Gasteiger partial charge in [-0.2, -0.15) is 0 Å². The highest BCUT2D eigenvalue weighted by atomic mass is 16.1. The second kappa shape index (κ2) is 6.69. The van der Waals surface area contributed by atoms with E-state index in [4.69, 9.17) is 0 Å². The molecule has 1 atom stereocenters. The molecule has 8 heteroatoms. The zero-order chi connectivity index (χ0) is 15.4. The van der Waals surface area contributed by atoms with Crippen LogP contribution in [0.25, 0.3) is 0 Å². The summed E-state index contributed by atoms with van der Waals surface area (Å²) < 4.78 is 1.82. The van der Waals surface area contributed by atoms with Crippen LogP contribution in [0, 0.1) is 6.92 Å². The molecule has 3 heterocycles. The molecule has 0 aromatic carbocycles. The summed E-state index contributed by atoms with van der Waals surface area (Å²) in [5.41, 5.74) is 1.59. The summed E-state index contributed by atoms with van der Waals surface area (Å²) in [6.45, 7) is 5.16. The SMILES string of the molecule is Cc1cc(=O)[nH]c(NCCn2cc(C3CCCNC3)nn2)n1. The minimum absolute atomic E-state index is 0.150. The van der Waals surface area contributed by atoms with Crippen molar-refractivity contribution in [3.63, 3.8) is 0 Å². The molecular formula is C14H21N7O. The van der Waals surface area contributed by atoms with Crippen LogP contribution in [0.1, 0.15) is 30.1 Å². The van der Waals surface area contributed by atoms with Gasteiger partial charge in [0.05, 0.1) is 12.2 Å². The third kappa shape index (κ3) is 3.70. The Bertz CT molecular complexity index is 672. The molecule has 0 bridgehead atoms. The van der Waals surface area contributed by atoms with E-state index in [1.54, 1.807) is 6.92 Å². The minimum Gasteiger partial charge on any atom is -0.354 e. The molecule has 3 rings (SSSR count). The third-order valence-electron chi connectivity index (χ3n) is 3.77. The van der Waals surface area contributed by atoms with E-state index in [-0.39, 0.29) is 5.56 Å². The lowest BCUT2D eigenvalue weighted by Crippen LogP contribution is -2.28. The third-order valence-corrected chi connectivity index (χ3v) is 3.77. The quantitative estimate of drug-likeness (QED) is 0.732. The Balaban J connectivity index is 1.53. The van der Waals surface area contributed by atoms with E-state index in [9.17, 15) is 4.79 Å². The van der Waals surface area contributed by atoms with Crippen LogP contribution in [0.3, 0.4) is 0 Å². The molecule has 1 saturated heterocycles. The van der Waals surface area contributed by atoms with E-state index >= 15 is 0 Å². The van der Waals surface area contributed by atoms with Crippen LogP contribution in [0.15, 0.2) is 17.1 Å². The lowest BCUT2D eigenvalue weighted by molar-refractivity contribution is 0.454. The van der Waals surface area contributed by atoms with Crippen molar-refractivity contribution in [2.75, 3.05) is 25.0 Å². The first-order valence-corrected chi connectivity index (χ1v) is 7.63. The van der Waals surface area contributed by atoms with Gasteiger partial charge in [0.25, 0.3) is 5.56 Å². The van der Waals surface area contributed by atoms with Crippen LogP contribution in [0.4, 0.5) is 5.95 Å². The number of H-pyrrole nitrogens is 1. The van der Waals surface area contributed by atoms with Gasteiger partial charge in [-0.25, -0.2) is 4.98 Å². The maximum absolute atomic E-state index is 11.4. The second-order valence-electron chi connectivity index (χ2n) is 5.61. The zero-order valence-electron chi connectivity index (χ0n) is 12.7. The van der Waals surface area contributed by atoms with Crippen LogP contribution in [-0.4, -0.2) is 44.6 Å². The van der Waals surface area contributed by atoms with E-state index in [0.717, 1.165) is 18.8 Å². The van der Waals surface area contributed by atoms with Crippen molar-refractivity contribution in [2.45, 2.75) is 32.2 Å². The molecule has 1 aliphatic rings. The Labute approximate surface area is 128 Å². The van der Waals surface area contributed by atoms with Crippen molar-refractivity contribution in [3.8, 4) is 0 Å². The summed E-state index contributed by atoms with van der Waals surface area (Å²) in [7, 11) is 0. The Morgan fingerprint density at radius 3 is 3.18 bits per heavy atom. The average molecular weight is 303 g/mol. The number of piperidine rings is 1. The largest absolute Gasteiger partial charge is 0.354 e. The van der Waals surface area contributed by atoms with E-state index in [0.29, 0.717) is 30.6 Å². The summed E-state index contributed by atoms with van der Waals surface area (Å²) in [6.07, 6.45) is 4.36. The Hall–Kier alpha value is -2.22. The van der Waals surface area contributed by atoms with Gasteiger partial charge in [0.15, 0.2) is 0 Å². The number of aromatic amines is 1. The maximum Gasteiger partial charge on any atom is 0.252 e. The van der Waals surface area contributed by atoms with E-state index in [1.807, 2.05) is 10.9 Å². The molecule has 1 aliphatic heterocycles. The molecule has 0 radical (unpaired) electrons. The van der Waals surface area contributed by atoms with Gasteiger partial charge in [-0.15, -0.1) is 5.10 Å². The molecular weight excluding hydrogens is 282 g/mol. The Morgan fingerprint density at radius 2 is 2.41 bits per heavy atom. The van der Waals surface area contributed by atoms with Crippen molar-refractivity contribution in [3.05, 3.63) is 34.0 Å². The second-order valence-corrected chi connectivity index (χ2v) is 5.61. The predicted molar refractivity (Wildman–Crippen MR) is 83.0 cm³/mol. The van der Waals surface area contributed by atoms with Crippen molar-refractivity contribution in [2.24, 2.45) is 0 Å². The zero-order valence-corrected chi connectivity index (χ0v) is 12.7. The lowest BCUT2D eigenvalue weighted by Gasteiger charge is -2.20. The van der Waals surface area contributed by atoms with Crippen molar-refractivity contribution < 1.29 is 0 Å². The molecule has 0 amide bonds. The number of hydrogen-bond donors (Lipinski definition) is 3. The van der Waals surface area contributed by atoms with Gasteiger partial charge in [-0.1, -0.05) is 5.21 Å². The summed E-state index contributed by atoms with van der Waals surface area (Å²) in [4.78, 5) is 18.2. The minimum atomic E-state index is -0.150. The predicted octanol–water partition coefficient (Wildman–Crippen LogP) is 0.249.